The summed E-state index contributed by atoms with van der Waals surface area (Å²) >= 11 is 0. The molecule has 2 aromatic heterocycles. The third kappa shape index (κ3) is 5.15. The Bertz CT molecular complexity index is 1200. The van der Waals surface area contributed by atoms with E-state index in [-0.39, 0.29) is 5.97 Å². The molecule has 0 radical (unpaired) electrons. The van der Waals surface area contributed by atoms with E-state index in [1.165, 1.54) is 6.26 Å². The number of rotatable bonds is 9. The molecule has 0 amide bonds. The van der Waals surface area contributed by atoms with E-state index in [4.69, 9.17) is 9.84 Å². The van der Waals surface area contributed by atoms with Gasteiger partial charge in [-0.1, -0.05) is 19.1 Å². The zero-order chi connectivity index (χ0) is 22.6. The van der Waals surface area contributed by atoms with Crippen LogP contribution in [0.4, 0.5) is 0 Å². The number of esters is 1. The van der Waals surface area contributed by atoms with Gasteiger partial charge in [-0.2, -0.15) is 5.10 Å². The number of ether oxygens (including phenoxy) is 1. The number of aryl methyl sites for hydroxylation is 2. The van der Waals surface area contributed by atoms with Crippen molar-refractivity contribution >= 4 is 21.3 Å². The molecular formula is C24H30N2O4S. The van der Waals surface area contributed by atoms with Crippen molar-refractivity contribution < 1.29 is 17.9 Å². The molecule has 0 atom stereocenters. The van der Waals surface area contributed by atoms with Gasteiger partial charge in [0.15, 0.2) is 9.84 Å². The number of carbonyl (C=O) groups is 1. The van der Waals surface area contributed by atoms with Crippen molar-refractivity contribution in [3.63, 3.8) is 0 Å². The number of nitrogens with zero attached hydrogens (tertiary/aromatic N) is 2. The lowest BCUT2D eigenvalue weighted by Crippen LogP contribution is -2.07. The second-order valence-electron chi connectivity index (χ2n) is 7.73. The van der Waals surface area contributed by atoms with Gasteiger partial charge in [-0.05, 0) is 74.9 Å². The van der Waals surface area contributed by atoms with E-state index in [9.17, 15) is 13.2 Å². The molecule has 0 bridgehead atoms. The first-order valence-electron chi connectivity index (χ1n) is 10.7. The number of benzene rings is 1. The molecule has 166 valence electrons. The number of unbranched alkanes of at least 4 members (excludes halogenated alkanes) is 1. The van der Waals surface area contributed by atoms with E-state index in [2.05, 4.69) is 19.1 Å². The molecule has 0 unspecified atom stereocenters. The highest BCUT2D eigenvalue weighted by Crippen LogP contribution is 2.33. The third-order valence-corrected chi connectivity index (χ3v) is 6.56. The molecule has 3 aromatic rings. The van der Waals surface area contributed by atoms with Gasteiger partial charge in [0.25, 0.3) is 0 Å². The van der Waals surface area contributed by atoms with Crippen molar-refractivity contribution in [1.82, 2.24) is 9.61 Å². The van der Waals surface area contributed by atoms with Crippen LogP contribution in [0.3, 0.4) is 0 Å². The molecular weight excluding hydrogens is 412 g/mol. The molecule has 0 spiro atoms. The first-order chi connectivity index (χ1) is 14.8. The highest BCUT2D eigenvalue weighted by atomic mass is 32.2. The van der Waals surface area contributed by atoms with Gasteiger partial charge < -0.3 is 4.74 Å². The second-order valence-corrected chi connectivity index (χ2v) is 9.74. The number of hydrogen-bond acceptors (Lipinski definition) is 5. The van der Waals surface area contributed by atoms with Crippen LogP contribution in [0.5, 0.6) is 0 Å². The number of hydrogen-bond donors (Lipinski definition) is 0. The molecule has 3 rings (SSSR count). The Morgan fingerprint density at radius 2 is 1.90 bits per heavy atom. The zero-order valence-electron chi connectivity index (χ0n) is 18.6. The zero-order valence-corrected chi connectivity index (χ0v) is 19.5. The van der Waals surface area contributed by atoms with E-state index in [0.717, 1.165) is 59.3 Å². The van der Waals surface area contributed by atoms with Crippen molar-refractivity contribution in [3.8, 4) is 11.1 Å². The quantitative estimate of drug-likeness (QED) is 0.359. The summed E-state index contributed by atoms with van der Waals surface area (Å²) < 4.78 is 31.3. The van der Waals surface area contributed by atoms with Gasteiger partial charge in [-0.3, -0.25) is 4.79 Å². The summed E-state index contributed by atoms with van der Waals surface area (Å²) in [5.41, 5.74) is 5.94. The van der Waals surface area contributed by atoms with Crippen LogP contribution < -0.4 is 0 Å². The summed E-state index contributed by atoms with van der Waals surface area (Å²) in [7, 11) is -3.32. The summed E-state index contributed by atoms with van der Waals surface area (Å²) in [6.07, 6.45) is 4.77. The van der Waals surface area contributed by atoms with Gasteiger partial charge in [0.05, 0.1) is 22.7 Å². The fraction of sp³-hybridized carbons (Fsp3) is 0.417. The van der Waals surface area contributed by atoms with Gasteiger partial charge in [0.2, 0.25) is 0 Å². The maximum absolute atomic E-state index is 12.1. The SMILES string of the molecule is CCOC(=O)CCCCc1c(C)nn2c(CC)ccc2c1-c1cccc(S(C)(=O)=O)c1. The maximum Gasteiger partial charge on any atom is 0.305 e. The monoisotopic (exact) mass is 442 g/mol. The molecule has 0 aliphatic heterocycles. The number of carbonyl (C=O) groups excluding carboxylic acids is 1. The lowest BCUT2D eigenvalue weighted by atomic mass is 9.95. The Kier molecular flexibility index (Phi) is 7.15. The summed E-state index contributed by atoms with van der Waals surface area (Å²) in [6, 6.07) is 11.2. The summed E-state index contributed by atoms with van der Waals surface area (Å²) in [5.74, 6) is -0.173. The first kappa shape index (κ1) is 23.0. The molecule has 1 aromatic carbocycles. The van der Waals surface area contributed by atoms with Crippen LogP contribution in [0.25, 0.3) is 16.6 Å². The number of sulfone groups is 1. The van der Waals surface area contributed by atoms with Crippen molar-refractivity contribution in [2.45, 2.75) is 57.8 Å². The summed E-state index contributed by atoms with van der Waals surface area (Å²) in [5, 5.41) is 4.81. The molecule has 0 saturated heterocycles. The van der Waals surface area contributed by atoms with Crippen LogP contribution in [-0.4, -0.2) is 36.9 Å². The van der Waals surface area contributed by atoms with E-state index in [0.29, 0.717) is 17.9 Å². The molecule has 6 nitrogen and oxygen atoms in total. The Balaban J connectivity index is 2.06. The molecule has 7 heteroatoms. The Morgan fingerprint density at radius 1 is 1.13 bits per heavy atom. The highest BCUT2D eigenvalue weighted by molar-refractivity contribution is 7.90. The fourth-order valence-electron chi connectivity index (χ4n) is 3.91. The van der Waals surface area contributed by atoms with Gasteiger partial charge in [-0.25, -0.2) is 12.9 Å². The van der Waals surface area contributed by atoms with Gasteiger partial charge in [0, 0.05) is 23.9 Å². The van der Waals surface area contributed by atoms with E-state index in [1.807, 2.05) is 17.5 Å². The van der Waals surface area contributed by atoms with Crippen LogP contribution in [0.15, 0.2) is 41.3 Å². The number of fused-ring (bicyclic) bond motifs is 1. The van der Waals surface area contributed by atoms with Crippen molar-refractivity contribution in [1.29, 1.82) is 0 Å². The molecule has 0 aliphatic carbocycles. The smallest absolute Gasteiger partial charge is 0.305 e. The molecule has 0 fully saturated rings. The number of aromatic nitrogens is 2. The van der Waals surface area contributed by atoms with Gasteiger partial charge in [-0.15, -0.1) is 0 Å². The predicted octanol–water partition coefficient (Wildman–Crippen LogP) is 4.55. The highest BCUT2D eigenvalue weighted by Gasteiger charge is 2.18. The minimum absolute atomic E-state index is 0.173. The first-order valence-corrected chi connectivity index (χ1v) is 12.6. The lowest BCUT2D eigenvalue weighted by molar-refractivity contribution is -0.143. The van der Waals surface area contributed by atoms with Crippen molar-refractivity contribution in [2.24, 2.45) is 0 Å². The largest absolute Gasteiger partial charge is 0.466 e. The summed E-state index contributed by atoms with van der Waals surface area (Å²) in [6.45, 7) is 6.28. The molecule has 0 saturated carbocycles. The predicted molar refractivity (Wildman–Crippen MR) is 122 cm³/mol. The van der Waals surface area contributed by atoms with Crippen molar-refractivity contribution in [3.05, 3.63) is 53.3 Å². The minimum Gasteiger partial charge on any atom is -0.466 e. The standard InChI is InChI=1S/C24H30N2O4S/c1-5-19-14-15-22-24(18-10-9-11-20(16-18)31(4,28)29)21(17(3)25-26(19)22)12-7-8-13-23(27)30-6-2/h9-11,14-16H,5-8,12-13H2,1-4H3. The molecule has 31 heavy (non-hydrogen) atoms. The van der Waals surface area contributed by atoms with Crippen LogP contribution in [0.2, 0.25) is 0 Å². The van der Waals surface area contributed by atoms with E-state index < -0.39 is 9.84 Å². The van der Waals surface area contributed by atoms with Crippen LogP contribution in [0, 0.1) is 6.92 Å². The van der Waals surface area contributed by atoms with Crippen molar-refractivity contribution in [2.75, 3.05) is 12.9 Å². The fourth-order valence-corrected chi connectivity index (χ4v) is 4.57. The Labute approximate surface area is 184 Å². The lowest BCUT2D eigenvalue weighted by Gasteiger charge is -2.16. The molecule has 2 heterocycles. The van der Waals surface area contributed by atoms with Gasteiger partial charge >= 0.3 is 5.97 Å². The Morgan fingerprint density at radius 3 is 2.58 bits per heavy atom. The molecule has 0 N–H and O–H groups in total. The normalized spacial score (nSPS) is 11.7. The minimum atomic E-state index is -3.32. The molecule has 0 aliphatic rings. The third-order valence-electron chi connectivity index (χ3n) is 5.45. The average molecular weight is 443 g/mol. The topological polar surface area (TPSA) is 77.7 Å². The van der Waals surface area contributed by atoms with Crippen LogP contribution in [0.1, 0.15) is 50.1 Å². The second kappa shape index (κ2) is 9.64. The maximum atomic E-state index is 12.1. The summed E-state index contributed by atoms with van der Waals surface area (Å²) in [4.78, 5) is 12.0. The van der Waals surface area contributed by atoms with Crippen LogP contribution >= 0.6 is 0 Å². The van der Waals surface area contributed by atoms with Gasteiger partial charge in [0.1, 0.15) is 0 Å². The Hall–Kier alpha value is -2.67. The van der Waals surface area contributed by atoms with E-state index >= 15 is 0 Å². The van der Waals surface area contributed by atoms with Crippen LogP contribution in [-0.2, 0) is 32.2 Å². The average Bonchev–Trinajstić information content (AvgIpc) is 3.13. The van der Waals surface area contributed by atoms with E-state index in [1.54, 1.807) is 25.1 Å².